The molecule has 2 aromatic rings. The molecular weight excluding hydrogens is 430 g/mol. The molecule has 10 heteroatoms. The molecule has 0 spiro atoms. The molecule has 0 N–H and O–H groups in total. The third kappa shape index (κ3) is 6.11. The van der Waals surface area contributed by atoms with Crippen molar-refractivity contribution in [2.75, 3.05) is 26.4 Å². The van der Waals surface area contributed by atoms with Crippen LogP contribution in [0, 0.1) is 23.4 Å². The van der Waals surface area contributed by atoms with E-state index in [-0.39, 0.29) is 17.0 Å². The standard InChI is InChI=1S/C21H20F6O4/c1-2-5-28-9-12-10-29-20(30-11-12)13-3-4-15(16(22)6-13)14-7-17(23)19(18(24)8-14)31-21(25,26)27/h3-4,6-8,12,20H,2,5,9-11H2,1H3. The van der Waals surface area contributed by atoms with E-state index in [1.807, 2.05) is 6.92 Å². The second kappa shape index (κ2) is 9.88. The van der Waals surface area contributed by atoms with Gasteiger partial charge in [-0.2, -0.15) is 0 Å². The second-order valence-corrected chi connectivity index (χ2v) is 7.00. The van der Waals surface area contributed by atoms with E-state index in [1.165, 1.54) is 12.1 Å². The number of benzene rings is 2. The average molecular weight is 450 g/mol. The molecule has 1 heterocycles. The van der Waals surface area contributed by atoms with Crippen LogP contribution in [0.5, 0.6) is 5.75 Å². The molecule has 0 atom stereocenters. The largest absolute Gasteiger partial charge is 0.573 e. The maximum Gasteiger partial charge on any atom is 0.573 e. The Balaban J connectivity index is 1.72. The Hall–Kier alpha value is -2.30. The predicted molar refractivity (Wildman–Crippen MR) is 97.7 cm³/mol. The summed E-state index contributed by atoms with van der Waals surface area (Å²) in [5, 5.41) is 0. The Morgan fingerprint density at radius 2 is 1.61 bits per heavy atom. The normalized spacial score (nSPS) is 19.5. The van der Waals surface area contributed by atoms with Crippen LogP contribution in [0.2, 0.25) is 0 Å². The van der Waals surface area contributed by atoms with Gasteiger partial charge in [-0.1, -0.05) is 19.1 Å². The molecule has 0 aliphatic carbocycles. The first-order chi connectivity index (χ1) is 14.7. The summed E-state index contributed by atoms with van der Waals surface area (Å²) in [7, 11) is 0. The fourth-order valence-electron chi connectivity index (χ4n) is 3.07. The van der Waals surface area contributed by atoms with Gasteiger partial charge < -0.3 is 18.9 Å². The van der Waals surface area contributed by atoms with Crippen molar-refractivity contribution in [1.29, 1.82) is 0 Å². The molecule has 0 amide bonds. The van der Waals surface area contributed by atoms with Gasteiger partial charge in [0.15, 0.2) is 17.9 Å². The van der Waals surface area contributed by atoms with Crippen LogP contribution in [-0.2, 0) is 14.2 Å². The molecule has 4 nitrogen and oxygen atoms in total. The third-order valence-corrected chi connectivity index (χ3v) is 4.46. The SMILES string of the molecule is CCCOCC1COC(c2ccc(-c3cc(F)c(OC(F)(F)F)c(F)c3)c(F)c2)OC1. The molecule has 3 rings (SSSR count). The van der Waals surface area contributed by atoms with Crippen molar-refractivity contribution < 1.29 is 45.3 Å². The number of alkyl halides is 3. The van der Waals surface area contributed by atoms with Gasteiger partial charge in [0, 0.05) is 23.7 Å². The van der Waals surface area contributed by atoms with E-state index < -0.39 is 35.9 Å². The Morgan fingerprint density at radius 3 is 2.16 bits per heavy atom. The van der Waals surface area contributed by atoms with E-state index in [0.29, 0.717) is 44.1 Å². The minimum atomic E-state index is -5.27. The summed E-state index contributed by atoms with van der Waals surface area (Å²) in [5.41, 5.74) is -0.138. The van der Waals surface area contributed by atoms with E-state index in [4.69, 9.17) is 14.2 Å². The molecule has 0 radical (unpaired) electrons. The molecule has 0 bridgehead atoms. The smallest absolute Gasteiger partial charge is 0.399 e. The number of ether oxygens (including phenoxy) is 4. The summed E-state index contributed by atoms with van der Waals surface area (Å²) in [6.07, 6.45) is -5.19. The number of hydrogen-bond acceptors (Lipinski definition) is 4. The van der Waals surface area contributed by atoms with Crippen LogP contribution in [0.3, 0.4) is 0 Å². The highest BCUT2D eigenvalue weighted by Crippen LogP contribution is 2.35. The van der Waals surface area contributed by atoms with E-state index in [0.717, 1.165) is 12.5 Å². The molecule has 170 valence electrons. The molecule has 2 aromatic carbocycles. The highest BCUT2D eigenvalue weighted by molar-refractivity contribution is 5.66. The Morgan fingerprint density at radius 1 is 0.968 bits per heavy atom. The molecular formula is C21H20F6O4. The van der Waals surface area contributed by atoms with Gasteiger partial charge in [0.25, 0.3) is 0 Å². The summed E-state index contributed by atoms with van der Waals surface area (Å²) in [5.74, 6) is -5.61. The van der Waals surface area contributed by atoms with E-state index in [1.54, 1.807) is 0 Å². The lowest BCUT2D eigenvalue weighted by molar-refractivity contribution is -0.276. The first-order valence-corrected chi connectivity index (χ1v) is 9.53. The lowest BCUT2D eigenvalue weighted by Gasteiger charge is -2.29. The zero-order valence-corrected chi connectivity index (χ0v) is 16.5. The van der Waals surface area contributed by atoms with Crippen LogP contribution >= 0.6 is 0 Å². The van der Waals surface area contributed by atoms with E-state index in [2.05, 4.69) is 4.74 Å². The van der Waals surface area contributed by atoms with Crippen molar-refractivity contribution >= 4 is 0 Å². The first-order valence-electron chi connectivity index (χ1n) is 9.53. The summed E-state index contributed by atoms with van der Waals surface area (Å²) >= 11 is 0. The summed E-state index contributed by atoms with van der Waals surface area (Å²) in [6.45, 7) is 3.83. The second-order valence-electron chi connectivity index (χ2n) is 7.00. The van der Waals surface area contributed by atoms with Crippen molar-refractivity contribution in [3.05, 3.63) is 53.3 Å². The van der Waals surface area contributed by atoms with Gasteiger partial charge in [-0.3, -0.25) is 0 Å². The number of halogens is 6. The number of rotatable bonds is 7. The van der Waals surface area contributed by atoms with Crippen LogP contribution in [0.25, 0.3) is 11.1 Å². The van der Waals surface area contributed by atoms with E-state index in [9.17, 15) is 26.3 Å². The van der Waals surface area contributed by atoms with Gasteiger partial charge in [-0.25, -0.2) is 13.2 Å². The van der Waals surface area contributed by atoms with Crippen molar-refractivity contribution in [3.8, 4) is 16.9 Å². The van der Waals surface area contributed by atoms with Crippen molar-refractivity contribution in [2.45, 2.75) is 26.0 Å². The molecule has 1 aliphatic heterocycles. The topological polar surface area (TPSA) is 36.9 Å². The van der Waals surface area contributed by atoms with E-state index >= 15 is 0 Å². The molecule has 0 unspecified atom stereocenters. The fraction of sp³-hybridized carbons (Fsp3) is 0.429. The number of hydrogen-bond donors (Lipinski definition) is 0. The third-order valence-electron chi connectivity index (χ3n) is 4.46. The van der Waals surface area contributed by atoms with Gasteiger partial charge in [0.1, 0.15) is 5.82 Å². The van der Waals surface area contributed by atoms with Crippen molar-refractivity contribution in [1.82, 2.24) is 0 Å². The zero-order valence-electron chi connectivity index (χ0n) is 16.5. The van der Waals surface area contributed by atoms with Crippen LogP contribution in [0.4, 0.5) is 26.3 Å². The maximum atomic E-state index is 14.6. The van der Waals surface area contributed by atoms with Crippen LogP contribution < -0.4 is 4.74 Å². The Labute approximate surface area is 174 Å². The summed E-state index contributed by atoms with van der Waals surface area (Å²) in [6, 6.07) is 4.91. The first kappa shape index (κ1) is 23.4. The van der Waals surface area contributed by atoms with Crippen molar-refractivity contribution in [3.63, 3.8) is 0 Å². The van der Waals surface area contributed by atoms with Crippen molar-refractivity contribution in [2.24, 2.45) is 5.92 Å². The molecule has 1 aliphatic rings. The molecule has 31 heavy (non-hydrogen) atoms. The van der Waals surface area contributed by atoms with Crippen LogP contribution in [0.15, 0.2) is 30.3 Å². The summed E-state index contributed by atoms with van der Waals surface area (Å²) < 4.78 is 99.3. The summed E-state index contributed by atoms with van der Waals surface area (Å²) in [4.78, 5) is 0. The van der Waals surface area contributed by atoms with Gasteiger partial charge in [-0.15, -0.1) is 13.2 Å². The predicted octanol–water partition coefficient (Wildman–Crippen LogP) is 5.76. The van der Waals surface area contributed by atoms with Gasteiger partial charge in [-0.05, 0) is 30.2 Å². The molecule has 0 saturated carbocycles. The highest BCUT2D eigenvalue weighted by atomic mass is 19.4. The highest BCUT2D eigenvalue weighted by Gasteiger charge is 2.34. The quantitative estimate of drug-likeness (QED) is 0.397. The van der Waals surface area contributed by atoms with Gasteiger partial charge in [0.2, 0.25) is 5.75 Å². The fourth-order valence-corrected chi connectivity index (χ4v) is 3.07. The van der Waals surface area contributed by atoms with Gasteiger partial charge in [0.05, 0.1) is 19.8 Å². The lowest BCUT2D eigenvalue weighted by atomic mass is 10.0. The zero-order chi connectivity index (χ0) is 22.6. The molecule has 0 aromatic heterocycles. The average Bonchev–Trinajstić information content (AvgIpc) is 2.70. The minimum Gasteiger partial charge on any atom is -0.399 e. The Bertz CT molecular complexity index is 871. The van der Waals surface area contributed by atoms with Crippen LogP contribution in [-0.4, -0.2) is 32.8 Å². The maximum absolute atomic E-state index is 14.6. The van der Waals surface area contributed by atoms with Gasteiger partial charge >= 0.3 is 6.36 Å². The molecule has 1 fully saturated rings. The molecule has 1 saturated heterocycles. The lowest BCUT2D eigenvalue weighted by Crippen LogP contribution is -2.30. The Kier molecular flexibility index (Phi) is 7.45. The monoisotopic (exact) mass is 450 g/mol. The minimum absolute atomic E-state index is 0.0512. The van der Waals surface area contributed by atoms with Crippen LogP contribution in [0.1, 0.15) is 25.2 Å².